The van der Waals surface area contributed by atoms with Crippen LogP contribution in [0, 0.1) is 5.92 Å². The number of hydrogen-bond donors (Lipinski definition) is 3. The molecule has 2 unspecified atom stereocenters. The zero-order valence-corrected chi connectivity index (χ0v) is 68.5. The first-order chi connectivity index (χ1) is 49.5. The van der Waals surface area contributed by atoms with Gasteiger partial charge in [-0.25, -0.2) is 9.13 Å². The van der Waals surface area contributed by atoms with E-state index in [1.54, 1.807) is 0 Å². The number of carbonyl (C=O) groups excluding carboxylic acids is 4. The summed E-state index contributed by atoms with van der Waals surface area (Å²) in [4.78, 5) is 72.8. The molecule has 0 aromatic carbocycles. The SMILES string of the molecule is CCCCCCCCCCCCCCCCCCCCCCCC(=O)OC[C@H](COP(=O)(O)OC[C@@H](O)COP(=O)(O)OC[C@@H](COC(=O)CCCCCCC)OC(=O)CCCCCCCCCCCCCCCCC)OC(=O)CCCCCCCCCCCCCCCCCCCCC(C)C. The van der Waals surface area contributed by atoms with Crippen LogP contribution in [0.15, 0.2) is 0 Å². The third-order valence-corrected chi connectivity index (χ3v) is 21.4. The van der Waals surface area contributed by atoms with E-state index in [9.17, 15) is 43.2 Å². The molecule has 0 fully saturated rings. The van der Waals surface area contributed by atoms with E-state index in [2.05, 4.69) is 34.6 Å². The molecule has 0 bridgehead atoms. The van der Waals surface area contributed by atoms with E-state index in [0.29, 0.717) is 25.7 Å². The largest absolute Gasteiger partial charge is 0.472 e. The number of phosphoric ester groups is 2. The number of hydrogen-bond acceptors (Lipinski definition) is 15. The van der Waals surface area contributed by atoms with Crippen LogP contribution in [0.25, 0.3) is 0 Å². The quantitative estimate of drug-likeness (QED) is 0.0222. The van der Waals surface area contributed by atoms with Gasteiger partial charge in [-0.3, -0.25) is 37.3 Å². The van der Waals surface area contributed by atoms with Crippen LogP contribution in [-0.4, -0.2) is 96.7 Å². The van der Waals surface area contributed by atoms with E-state index in [0.717, 1.165) is 102 Å². The highest BCUT2D eigenvalue weighted by molar-refractivity contribution is 7.47. The zero-order valence-electron chi connectivity index (χ0n) is 66.8. The van der Waals surface area contributed by atoms with Crippen LogP contribution in [-0.2, 0) is 65.4 Å². The Morgan fingerprint density at radius 1 is 0.265 bits per heavy atom. The molecule has 0 aromatic heterocycles. The molecular formula is C83H162O17P2. The van der Waals surface area contributed by atoms with Gasteiger partial charge in [0.25, 0.3) is 0 Å². The summed E-state index contributed by atoms with van der Waals surface area (Å²) in [6.45, 7) is 7.29. The second kappa shape index (κ2) is 75.9. The molecule has 0 aliphatic carbocycles. The van der Waals surface area contributed by atoms with Crippen molar-refractivity contribution in [1.82, 2.24) is 0 Å². The van der Waals surface area contributed by atoms with Gasteiger partial charge in [-0.05, 0) is 31.6 Å². The van der Waals surface area contributed by atoms with Crippen molar-refractivity contribution in [2.45, 2.75) is 464 Å². The number of aliphatic hydroxyl groups is 1. The number of unbranched alkanes of at least 4 members (excludes halogenated alkanes) is 55. The Bertz CT molecular complexity index is 1940. The van der Waals surface area contributed by atoms with Crippen molar-refractivity contribution in [2.24, 2.45) is 5.92 Å². The lowest BCUT2D eigenvalue weighted by molar-refractivity contribution is -0.161. The van der Waals surface area contributed by atoms with E-state index < -0.39 is 97.5 Å². The summed E-state index contributed by atoms with van der Waals surface area (Å²) in [5.41, 5.74) is 0. The molecule has 0 saturated heterocycles. The summed E-state index contributed by atoms with van der Waals surface area (Å²) >= 11 is 0. The second-order valence-corrected chi connectivity index (χ2v) is 33.3. The molecule has 5 atom stereocenters. The summed E-state index contributed by atoms with van der Waals surface area (Å²) in [7, 11) is -9.91. The van der Waals surface area contributed by atoms with Crippen molar-refractivity contribution in [3.05, 3.63) is 0 Å². The first-order valence-corrected chi connectivity index (χ1v) is 46.1. The van der Waals surface area contributed by atoms with Gasteiger partial charge in [-0.15, -0.1) is 0 Å². The monoisotopic (exact) mass is 1490 g/mol. The Morgan fingerprint density at radius 2 is 0.451 bits per heavy atom. The van der Waals surface area contributed by atoms with Gasteiger partial charge in [0.2, 0.25) is 0 Å². The average molecular weight is 1490 g/mol. The number of ether oxygens (including phenoxy) is 4. The minimum Gasteiger partial charge on any atom is -0.462 e. The number of carbonyl (C=O) groups is 4. The number of phosphoric acid groups is 2. The molecule has 0 aliphatic heterocycles. The predicted molar refractivity (Wildman–Crippen MR) is 418 cm³/mol. The molecule has 0 aromatic rings. The van der Waals surface area contributed by atoms with Gasteiger partial charge in [0.05, 0.1) is 26.4 Å². The maximum absolute atomic E-state index is 13.1. The molecule has 0 spiro atoms. The zero-order chi connectivity index (χ0) is 74.8. The van der Waals surface area contributed by atoms with Gasteiger partial charge >= 0.3 is 39.5 Å². The Morgan fingerprint density at radius 3 is 0.667 bits per heavy atom. The molecule has 0 heterocycles. The molecular weight excluding hydrogens is 1330 g/mol. The summed E-state index contributed by atoms with van der Waals surface area (Å²) < 4.78 is 68.5. The molecule has 0 radical (unpaired) electrons. The van der Waals surface area contributed by atoms with Gasteiger partial charge in [-0.1, -0.05) is 394 Å². The van der Waals surface area contributed by atoms with Gasteiger partial charge in [0.1, 0.15) is 19.3 Å². The van der Waals surface area contributed by atoms with Crippen LogP contribution in [0.1, 0.15) is 446 Å². The van der Waals surface area contributed by atoms with Crippen molar-refractivity contribution >= 4 is 39.5 Å². The van der Waals surface area contributed by atoms with E-state index in [1.807, 2.05) is 0 Å². The van der Waals surface area contributed by atoms with Gasteiger partial charge < -0.3 is 33.8 Å². The van der Waals surface area contributed by atoms with Crippen LogP contribution < -0.4 is 0 Å². The van der Waals surface area contributed by atoms with Crippen molar-refractivity contribution < 1.29 is 80.2 Å². The smallest absolute Gasteiger partial charge is 0.462 e. The van der Waals surface area contributed by atoms with E-state index >= 15 is 0 Å². The third kappa shape index (κ3) is 76.3. The normalized spacial score (nSPS) is 13.8. The lowest BCUT2D eigenvalue weighted by Gasteiger charge is -2.21. The van der Waals surface area contributed by atoms with Gasteiger partial charge in [0.15, 0.2) is 12.2 Å². The van der Waals surface area contributed by atoms with Crippen molar-refractivity contribution in [3.8, 4) is 0 Å². The molecule has 0 rings (SSSR count). The standard InChI is InChI=1S/C83H162O17P2/c1-6-9-12-15-17-19-21-23-25-26-27-28-29-33-37-40-44-48-52-57-62-67-81(86)94-73-79(100-83(88)69-64-59-54-50-46-42-38-34-31-30-32-36-39-43-47-51-56-60-65-76(4)5)75-98-102(91,92)96-71-77(84)70-95-101(89,90)97-74-78(72-93-80(85)66-61-55-14-11-8-3)99-82(87)68-63-58-53-49-45-41-35-24-22-20-18-16-13-10-7-2/h76-79,84H,6-75H2,1-5H3,(H,89,90)(H,91,92)/t77-,78+,79+/m0/s1. The lowest BCUT2D eigenvalue weighted by Crippen LogP contribution is -2.30. The minimum absolute atomic E-state index is 0.108. The Kier molecular flexibility index (Phi) is 74.4. The molecule has 19 heteroatoms. The first-order valence-electron chi connectivity index (χ1n) is 43.1. The Hall–Kier alpha value is -1.94. The van der Waals surface area contributed by atoms with E-state index in [-0.39, 0.29) is 25.7 Å². The third-order valence-electron chi connectivity index (χ3n) is 19.5. The molecule has 606 valence electrons. The van der Waals surface area contributed by atoms with Crippen LogP contribution in [0.4, 0.5) is 0 Å². The molecule has 0 aliphatic rings. The summed E-state index contributed by atoms with van der Waals surface area (Å²) in [6, 6.07) is 0. The molecule has 17 nitrogen and oxygen atoms in total. The fourth-order valence-corrected chi connectivity index (χ4v) is 14.5. The maximum atomic E-state index is 13.1. The Labute approximate surface area is 626 Å². The highest BCUT2D eigenvalue weighted by atomic mass is 31.2. The molecule has 0 amide bonds. The number of aliphatic hydroxyl groups excluding tert-OH is 1. The van der Waals surface area contributed by atoms with Gasteiger partial charge in [0, 0.05) is 25.7 Å². The van der Waals surface area contributed by atoms with Crippen LogP contribution in [0.5, 0.6) is 0 Å². The summed E-state index contributed by atoms with van der Waals surface area (Å²) in [6.07, 6.45) is 68.6. The first kappa shape index (κ1) is 100. The van der Waals surface area contributed by atoms with Crippen molar-refractivity contribution in [1.29, 1.82) is 0 Å². The summed E-state index contributed by atoms with van der Waals surface area (Å²) in [5.74, 6) is -1.30. The molecule has 0 saturated carbocycles. The maximum Gasteiger partial charge on any atom is 0.472 e. The highest BCUT2D eigenvalue weighted by Crippen LogP contribution is 2.45. The van der Waals surface area contributed by atoms with Crippen LogP contribution >= 0.6 is 15.6 Å². The second-order valence-electron chi connectivity index (χ2n) is 30.3. The van der Waals surface area contributed by atoms with Crippen molar-refractivity contribution in [3.63, 3.8) is 0 Å². The van der Waals surface area contributed by atoms with E-state index in [1.165, 1.54) is 263 Å². The predicted octanol–water partition coefficient (Wildman–Crippen LogP) is 25.2. The average Bonchev–Trinajstić information content (AvgIpc) is 0.939. The minimum atomic E-state index is -4.96. The van der Waals surface area contributed by atoms with Crippen LogP contribution in [0.3, 0.4) is 0 Å². The molecule has 3 N–H and O–H groups in total. The lowest BCUT2D eigenvalue weighted by atomic mass is 10.0. The Balaban J connectivity index is 5.10. The van der Waals surface area contributed by atoms with Crippen LogP contribution in [0.2, 0.25) is 0 Å². The van der Waals surface area contributed by atoms with Gasteiger partial charge in [-0.2, -0.15) is 0 Å². The molecule has 102 heavy (non-hydrogen) atoms. The summed E-state index contributed by atoms with van der Waals surface area (Å²) in [5, 5.41) is 10.6. The number of rotatable bonds is 83. The number of esters is 4. The topological polar surface area (TPSA) is 237 Å². The fraction of sp³-hybridized carbons (Fsp3) is 0.952. The highest BCUT2D eigenvalue weighted by Gasteiger charge is 2.30. The fourth-order valence-electron chi connectivity index (χ4n) is 12.9. The van der Waals surface area contributed by atoms with E-state index in [4.69, 9.17) is 37.0 Å². The van der Waals surface area contributed by atoms with Crippen molar-refractivity contribution in [2.75, 3.05) is 39.6 Å².